The third-order valence-electron chi connectivity index (χ3n) is 2.62. The molecular formula is C13H16N4OS. The highest BCUT2D eigenvalue weighted by Crippen LogP contribution is 2.17. The molecule has 1 atom stereocenters. The van der Waals surface area contributed by atoms with E-state index in [2.05, 4.69) is 9.97 Å². The highest BCUT2D eigenvalue weighted by molar-refractivity contribution is 7.09. The second-order valence-electron chi connectivity index (χ2n) is 4.38. The van der Waals surface area contributed by atoms with E-state index in [1.807, 2.05) is 19.1 Å². The van der Waals surface area contributed by atoms with E-state index >= 15 is 0 Å². The lowest BCUT2D eigenvalue weighted by Gasteiger charge is -2.15. The summed E-state index contributed by atoms with van der Waals surface area (Å²) in [7, 11) is 1.75. The third-order valence-corrected chi connectivity index (χ3v) is 3.67. The molecule has 0 bridgehead atoms. The SMILES string of the molecule is CC(N)c1nc(C(=O)N(C)Cc2cccnc2)cs1. The van der Waals surface area contributed by atoms with Crippen LogP contribution in [0.25, 0.3) is 0 Å². The minimum Gasteiger partial charge on any atom is -0.336 e. The molecule has 2 aromatic rings. The summed E-state index contributed by atoms with van der Waals surface area (Å²) in [5, 5.41) is 2.53. The Balaban J connectivity index is 2.06. The van der Waals surface area contributed by atoms with Crippen molar-refractivity contribution in [1.29, 1.82) is 0 Å². The molecule has 100 valence electrons. The van der Waals surface area contributed by atoms with E-state index in [1.54, 1.807) is 29.7 Å². The van der Waals surface area contributed by atoms with E-state index < -0.39 is 0 Å². The second-order valence-corrected chi connectivity index (χ2v) is 5.27. The number of rotatable bonds is 4. The number of aromatic nitrogens is 2. The van der Waals surface area contributed by atoms with E-state index in [1.165, 1.54) is 11.3 Å². The average Bonchev–Trinajstić information content (AvgIpc) is 2.88. The van der Waals surface area contributed by atoms with Crippen molar-refractivity contribution in [3.63, 3.8) is 0 Å². The number of hydrogen-bond donors (Lipinski definition) is 1. The fraction of sp³-hybridized carbons (Fsp3) is 0.308. The van der Waals surface area contributed by atoms with Crippen LogP contribution in [0.2, 0.25) is 0 Å². The molecule has 2 rings (SSSR count). The third kappa shape index (κ3) is 3.36. The molecule has 1 unspecified atom stereocenters. The van der Waals surface area contributed by atoms with Crippen LogP contribution in [0.4, 0.5) is 0 Å². The first kappa shape index (κ1) is 13.6. The van der Waals surface area contributed by atoms with Crippen LogP contribution in [0.15, 0.2) is 29.9 Å². The minimum absolute atomic E-state index is 0.105. The molecule has 0 spiro atoms. The molecule has 2 aromatic heterocycles. The van der Waals surface area contributed by atoms with Crippen LogP contribution >= 0.6 is 11.3 Å². The van der Waals surface area contributed by atoms with Crippen molar-refractivity contribution in [2.24, 2.45) is 5.73 Å². The number of nitrogens with two attached hydrogens (primary N) is 1. The topological polar surface area (TPSA) is 72.1 Å². The quantitative estimate of drug-likeness (QED) is 0.924. The molecule has 0 fully saturated rings. The number of carbonyl (C=O) groups excluding carboxylic acids is 1. The zero-order chi connectivity index (χ0) is 13.8. The van der Waals surface area contributed by atoms with Crippen LogP contribution in [0.1, 0.15) is 34.0 Å². The minimum atomic E-state index is -0.143. The summed E-state index contributed by atoms with van der Waals surface area (Å²) >= 11 is 1.41. The number of hydrogen-bond acceptors (Lipinski definition) is 5. The van der Waals surface area contributed by atoms with Crippen LogP contribution < -0.4 is 5.73 Å². The summed E-state index contributed by atoms with van der Waals surface area (Å²) in [4.78, 5) is 22.1. The summed E-state index contributed by atoms with van der Waals surface area (Å²) in [6.07, 6.45) is 3.46. The van der Waals surface area contributed by atoms with Crippen LogP contribution in [0, 0.1) is 0 Å². The van der Waals surface area contributed by atoms with Crippen molar-refractivity contribution in [3.8, 4) is 0 Å². The van der Waals surface area contributed by atoms with Gasteiger partial charge in [0.1, 0.15) is 10.7 Å². The first-order valence-electron chi connectivity index (χ1n) is 5.93. The molecule has 1 amide bonds. The van der Waals surface area contributed by atoms with Gasteiger partial charge in [0.15, 0.2) is 0 Å². The van der Waals surface area contributed by atoms with Gasteiger partial charge in [0.25, 0.3) is 5.91 Å². The van der Waals surface area contributed by atoms with E-state index in [0.29, 0.717) is 12.2 Å². The fourth-order valence-corrected chi connectivity index (χ4v) is 2.38. The normalized spacial score (nSPS) is 12.2. The zero-order valence-corrected chi connectivity index (χ0v) is 11.7. The van der Waals surface area contributed by atoms with Crippen molar-refractivity contribution in [1.82, 2.24) is 14.9 Å². The number of amides is 1. The van der Waals surface area contributed by atoms with E-state index in [4.69, 9.17) is 5.73 Å². The molecule has 0 saturated carbocycles. The van der Waals surface area contributed by atoms with Crippen LogP contribution in [-0.2, 0) is 6.54 Å². The average molecular weight is 276 g/mol. The molecule has 0 aliphatic rings. The smallest absolute Gasteiger partial charge is 0.273 e. The van der Waals surface area contributed by atoms with Gasteiger partial charge in [-0.25, -0.2) is 4.98 Å². The van der Waals surface area contributed by atoms with Crippen molar-refractivity contribution < 1.29 is 4.79 Å². The maximum atomic E-state index is 12.2. The Morgan fingerprint density at radius 1 is 1.58 bits per heavy atom. The molecule has 0 aliphatic heterocycles. The van der Waals surface area contributed by atoms with Crippen LogP contribution in [-0.4, -0.2) is 27.8 Å². The van der Waals surface area contributed by atoms with Gasteiger partial charge in [-0.3, -0.25) is 9.78 Å². The van der Waals surface area contributed by atoms with Gasteiger partial charge in [0.2, 0.25) is 0 Å². The molecular weight excluding hydrogens is 260 g/mol. The van der Waals surface area contributed by atoms with Gasteiger partial charge in [-0.2, -0.15) is 0 Å². The van der Waals surface area contributed by atoms with Gasteiger partial charge < -0.3 is 10.6 Å². The van der Waals surface area contributed by atoms with Crippen molar-refractivity contribution in [2.75, 3.05) is 7.05 Å². The molecule has 19 heavy (non-hydrogen) atoms. The van der Waals surface area contributed by atoms with Crippen LogP contribution in [0.3, 0.4) is 0 Å². The Kier molecular flexibility index (Phi) is 4.24. The fourth-order valence-electron chi connectivity index (χ4n) is 1.63. The number of carbonyl (C=O) groups is 1. The first-order chi connectivity index (χ1) is 9.08. The number of pyridine rings is 1. The summed E-state index contributed by atoms with van der Waals surface area (Å²) < 4.78 is 0. The predicted molar refractivity (Wildman–Crippen MR) is 74.8 cm³/mol. The Hall–Kier alpha value is -1.79. The molecule has 2 N–H and O–H groups in total. The standard InChI is InChI=1S/C13H16N4OS/c1-9(14)12-16-11(8-19-12)13(18)17(2)7-10-4-3-5-15-6-10/h3-6,8-9H,7,14H2,1-2H3. The lowest BCUT2D eigenvalue weighted by atomic mass is 10.2. The second kappa shape index (κ2) is 5.90. The summed E-state index contributed by atoms with van der Waals surface area (Å²) in [5.74, 6) is -0.105. The maximum absolute atomic E-state index is 12.2. The van der Waals surface area contributed by atoms with Gasteiger partial charge in [-0.15, -0.1) is 11.3 Å². The lowest BCUT2D eigenvalue weighted by Crippen LogP contribution is -2.26. The molecule has 6 heteroatoms. The molecule has 0 aromatic carbocycles. The Bertz CT molecular complexity index is 553. The molecule has 0 saturated heterocycles. The largest absolute Gasteiger partial charge is 0.336 e. The van der Waals surface area contributed by atoms with Crippen molar-refractivity contribution >= 4 is 17.2 Å². The number of thiazole rings is 1. The van der Waals surface area contributed by atoms with E-state index in [0.717, 1.165) is 10.6 Å². The maximum Gasteiger partial charge on any atom is 0.273 e. The Morgan fingerprint density at radius 2 is 2.37 bits per heavy atom. The molecule has 5 nitrogen and oxygen atoms in total. The zero-order valence-electron chi connectivity index (χ0n) is 10.9. The van der Waals surface area contributed by atoms with Gasteiger partial charge in [-0.1, -0.05) is 6.07 Å². The van der Waals surface area contributed by atoms with Crippen LogP contribution in [0.5, 0.6) is 0 Å². The summed E-state index contributed by atoms with van der Waals surface area (Å²) in [5.41, 5.74) is 7.18. The first-order valence-corrected chi connectivity index (χ1v) is 6.81. The Labute approximate surface area is 116 Å². The van der Waals surface area contributed by atoms with Crippen molar-refractivity contribution in [3.05, 3.63) is 46.2 Å². The molecule has 2 heterocycles. The molecule has 0 radical (unpaired) electrons. The van der Waals surface area contributed by atoms with Gasteiger partial charge in [0, 0.05) is 31.4 Å². The number of nitrogens with zero attached hydrogens (tertiary/aromatic N) is 3. The van der Waals surface area contributed by atoms with Crippen molar-refractivity contribution in [2.45, 2.75) is 19.5 Å². The summed E-state index contributed by atoms with van der Waals surface area (Å²) in [6, 6.07) is 3.64. The summed E-state index contributed by atoms with van der Waals surface area (Å²) in [6.45, 7) is 2.37. The van der Waals surface area contributed by atoms with Gasteiger partial charge >= 0.3 is 0 Å². The highest BCUT2D eigenvalue weighted by atomic mass is 32.1. The van der Waals surface area contributed by atoms with Gasteiger partial charge in [-0.05, 0) is 18.6 Å². The van der Waals surface area contributed by atoms with E-state index in [-0.39, 0.29) is 11.9 Å². The Morgan fingerprint density at radius 3 is 2.95 bits per heavy atom. The molecule has 0 aliphatic carbocycles. The predicted octanol–water partition coefficient (Wildman–Crippen LogP) is 1.83. The highest BCUT2D eigenvalue weighted by Gasteiger charge is 2.16. The van der Waals surface area contributed by atoms with E-state index in [9.17, 15) is 4.79 Å². The lowest BCUT2D eigenvalue weighted by molar-refractivity contribution is 0.0780. The van der Waals surface area contributed by atoms with Gasteiger partial charge in [0.05, 0.1) is 6.04 Å². The monoisotopic (exact) mass is 276 g/mol.